The van der Waals surface area contributed by atoms with Gasteiger partial charge in [0, 0.05) is 6.26 Å². The summed E-state index contributed by atoms with van der Waals surface area (Å²) >= 11 is 0. The van der Waals surface area contributed by atoms with Gasteiger partial charge in [-0.2, -0.15) is 5.26 Å². The average molecular weight is 249 g/mol. The van der Waals surface area contributed by atoms with Crippen molar-refractivity contribution in [3.63, 3.8) is 0 Å². The molecule has 0 saturated carbocycles. The van der Waals surface area contributed by atoms with E-state index in [1.807, 2.05) is 24.3 Å². The molecule has 1 aromatic carbocycles. The first-order chi connectivity index (χ1) is 7.97. The molecule has 1 aliphatic carbocycles. The van der Waals surface area contributed by atoms with Crippen molar-refractivity contribution in [1.82, 2.24) is 0 Å². The maximum absolute atomic E-state index is 11.2. The third-order valence-electron chi connectivity index (χ3n) is 3.47. The third-order valence-corrected chi connectivity index (χ3v) is 4.41. The van der Waals surface area contributed by atoms with Gasteiger partial charge in [-0.25, -0.2) is 8.42 Å². The molecule has 0 bridgehead atoms. The standard InChI is InChI=1S/C13H15NO2S/c1-17(15,16)9-8-13(10-14)7-6-11-4-2-3-5-12(11)13/h2-5H,6-9H2,1H3. The van der Waals surface area contributed by atoms with Crippen LogP contribution >= 0.6 is 0 Å². The fourth-order valence-corrected chi connectivity index (χ4v) is 3.20. The Bertz CT molecular complexity index is 571. The van der Waals surface area contributed by atoms with E-state index in [1.54, 1.807) is 0 Å². The Labute approximate surface area is 102 Å². The Balaban J connectivity index is 2.33. The Hall–Kier alpha value is -1.34. The molecular weight excluding hydrogens is 234 g/mol. The second-order valence-corrected chi connectivity index (χ2v) is 6.99. The molecule has 17 heavy (non-hydrogen) atoms. The van der Waals surface area contributed by atoms with Crippen LogP contribution in [0, 0.1) is 11.3 Å². The monoisotopic (exact) mass is 249 g/mol. The number of aryl methyl sites for hydroxylation is 1. The van der Waals surface area contributed by atoms with E-state index in [2.05, 4.69) is 6.07 Å². The molecule has 0 fully saturated rings. The molecule has 1 aliphatic rings. The molecule has 1 atom stereocenters. The Morgan fingerprint density at radius 1 is 1.41 bits per heavy atom. The summed E-state index contributed by atoms with van der Waals surface area (Å²) in [5, 5.41) is 9.42. The van der Waals surface area contributed by atoms with Crippen LogP contribution < -0.4 is 0 Å². The van der Waals surface area contributed by atoms with Crippen LogP contribution in [-0.4, -0.2) is 20.4 Å². The van der Waals surface area contributed by atoms with E-state index in [1.165, 1.54) is 11.8 Å². The molecule has 2 rings (SSSR count). The number of rotatable bonds is 3. The summed E-state index contributed by atoms with van der Waals surface area (Å²) < 4.78 is 22.5. The van der Waals surface area contributed by atoms with Crippen LogP contribution in [0.1, 0.15) is 24.0 Å². The van der Waals surface area contributed by atoms with Crippen LogP contribution in [0.3, 0.4) is 0 Å². The van der Waals surface area contributed by atoms with Crippen LogP contribution in [0.25, 0.3) is 0 Å². The first-order valence-electron chi connectivity index (χ1n) is 5.64. The van der Waals surface area contributed by atoms with Crippen molar-refractivity contribution in [3.05, 3.63) is 35.4 Å². The summed E-state index contributed by atoms with van der Waals surface area (Å²) in [5.41, 5.74) is 1.60. The zero-order chi connectivity index (χ0) is 12.5. The molecule has 3 nitrogen and oxygen atoms in total. The highest BCUT2D eigenvalue weighted by atomic mass is 32.2. The predicted octanol–water partition coefficient (Wildman–Crippen LogP) is 1.83. The molecule has 1 unspecified atom stereocenters. The maximum atomic E-state index is 11.2. The number of sulfone groups is 1. The highest BCUT2D eigenvalue weighted by Crippen LogP contribution is 2.41. The second kappa shape index (κ2) is 4.15. The SMILES string of the molecule is CS(=O)(=O)CCC1(C#N)CCc2ccccc21. The number of nitrogens with zero attached hydrogens (tertiary/aromatic N) is 1. The summed E-state index contributed by atoms with van der Waals surface area (Å²) in [6.07, 6.45) is 3.23. The second-order valence-electron chi connectivity index (χ2n) is 4.73. The van der Waals surface area contributed by atoms with E-state index in [9.17, 15) is 13.7 Å². The number of hydrogen-bond acceptors (Lipinski definition) is 3. The summed E-state index contributed by atoms with van der Waals surface area (Å²) in [6.45, 7) is 0. The topological polar surface area (TPSA) is 57.9 Å². The Morgan fingerprint density at radius 2 is 2.12 bits per heavy atom. The molecule has 0 aliphatic heterocycles. The van der Waals surface area contributed by atoms with Gasteiger partial charge >= 0.3 is 0 Å². The fourth-order valence-electron chi connectivity index (χ4n) is 2.48. The van der Waals surface area contributed by atoms with Gasteiger partial charge in [0.05, 0.1) is 17.2 Å². The quantitative estimate of drug-likeness (QED) is 0.821. The number of fused-ring (bicyclic) bond motifs is 1. The largest absolute Gasteiger partial charge is 0.229 e. The minimum atomic E-state index is -3.01. The van der Waals surface area contributed by atoms with E-state index >= 15 is 0 Å². The summed E-state index contributed by atoms with van der Waals surface area (Å²) in [4.78, 5) is 0. The molecule has 0 radical (unpaired) electrons. The molecule has 0 N–H and O–H groups in total. The number of benzene rings is 1. The molecule has 0 amide bonds. The van der Waals surface area contributed by atoms with Crippen LogP contribution in [0.15, 0.2) is 24.3 Å². The van der Waals surface area contributed by atoms with E-state index in [-0.39, 0.29) is 5.75 Å². The molecule has 1 aromatic rings. The smallest absolute Gasteiger partial charge is 0.147 e. The van der Waals surface area contributed by atoms with Gasteiger partial charge in [0.25, 0.3) is 0 Å². The number of nitriles is 1. The van der Waals surface area contributed by atoms with Gasteiger partial charge in [0.15, 0.2) is 0 Å². The van der Waals surface area contributed by atoms with Crippen LogP contribution in [-0.2, 0) is 21.7 Å². The molecule has 0 heterocycles. The van der Waals surface area contributed by atoms with Gasteiger partial charge in [-0.1, -0.05) is 24.3 Å². The van der Waals surface area contributed by atoms with Gasteiger partial charge in [-0.05, 0) is 30.4 Å². The minimum Gasteiger partial charge on any atom is -0.229 e. The molecular formula is C13H15NO2S. The van der Waals surface area contributed by atoms with Gasteiger partial charge in [-0.3, -0.25) is 0 Å². The van der Waals surface area contributed by atoms with Crippen molar-refractivity contribution in [3.8, 4) is 6.07 Å². The maximum Gasteiger partial charge on any atom is 0.147 e. The lowest BCUT2D eigenvalue weighted by molar-refractivity contribution is 0.518. The van der Waals surface area contributed by atoms with Crippen molar-refractivity contribution >= 4 is 9.84 Å². The Kier molecular flexibility index (Phi) is 2.96. The zero-order valence-corrected chi connectivity index (χ0v) is 10.6. The van der Waals surface area contributed by atoms with Crippen molar-refractivity contribution in [2.45, 2.75) is 24.7 Å². The van der Waals surface area contributed by atoms with E-state index in [0.717, 1.165) is 18.4 Å². The molecule has 90 valence electrons. The minimum absolute atomic E-state index is 0.0783. The van der Waals surface area contributed by atoms with E-state index in [0.29, 0.717) is 6.42 Å². The molecule has 0 aromatic heterocycles. The summed E-state index contributed by atoms with van der Waals surface area (Å²) in [7, 11) is -3.01. The lowest BCUT2D eigenvalue weighted by atomic mass is 9.81. The highest BCUT2D eigenvalue weighted by molar-refractivity contribution is 7.90. The van der Waals surface area contributed by atoms with Gasteiger partial charge in [-0.15, -0.1) is 0 Å². The first kappa shape index (κ1) is 12.1. The number of hydrogen-bond donors (Lipinski definition) is 0. The summed E-state index contributed by atoms with van der Waals surface area (Å²) in [5.74, 6) is 0.0783. The van der Waals surface area contributed by atoms with Crippen molar-refractivity contribution in [1.29, 1.82) is 5.26 Å². The lowest BCUT2D eigenvalue weighted by Crippen LogP contribution is -2.24. The van der Waals surface area contributed by atoms with E-state index in [4.69, 9.17) is 0 Å². The average Bonchev–Trinajstić information content (AvgIpc) is 2.66. The lowest BCUT2D eigenvalue weighted by Gasteiger charge is -2.21. The van der Waals surface area contributed by atoms with Crippen LogP contribution in [0.2, 0.25) is 0 Å². The predicted molar refractivity (Wildman–Crippen MR) is 66.4 cm³/mol. The first-order valence-corrected chi connectivity index (χ1v) is 7.70. The molecule has 0 spiro atoms. The summed E-state index contributed by atoms with van der Waals surface area (Å²) in [6, 6.07) is 10.2. The fraction of sp³-hybridized carbons (Fsp3) is 0.462. The molecule has 0 saturated heterocycles. The van der Waals surface area contributed by atoms with Crippen molar-refractivity contribution < 1.29 is 8.42 Å². The Morgan fingerprint density at radius 3 is 2.76 bits per heavy atom. The zero-order valence-electron chi connectivity index (χ0n) is 9.81. The van der Waals surface area contributed by atoms with Crippen molar-refractivity contribution in [2.75, 3.05) is 12.0 Å². The van der Waals surface area contributed by atoms with Gasteiger partial charge in [0.2, 0.25) is 0 Å². The molecule has 4 heteroatoms. The highest BCUT2D eigenvalue weighted by Gasteiger charge is 2.39. The van der Waals surface area contributed by atoms with Crippen LogP contribution in [0.5, 0.6) is 0 Å². The third kappa shape index (κ3) is 2.34. The normalized spacial score (nSPS) is 23.1. The van der Waals surface area contributed by atoms with Crippen molar-refractivity contribution in [2.24, 2.45) is 0 Å². The van der Waals surface area contributed by atoms with Crippen LogP contribution in [0.4, 0.5) is 0 Å². The van der Waals surface area contributed by atoms with E-state index < -0.39 is 15.3 Å². The van der Waals surface area contributed by atoms with Gasteiger partial charge < -0.3 is 0 Å². The van der Waals surface area contributed by atoms with Gasteiger partial charge in [0.1, 0.15) is 9.84 Å².